The van der Waals surface area contributed by atoms with E-state index in [1.807, 2.05) is 6.08 Å². The lowest BCUT2D eigenvalue weighted by atomic mass is 9.97. The Labute approximate surface area is 531 Å². The van der Waals surface area contributed by atoms with Crippen LogP contribution in [0.4, 0.5) is 0 Å². The Balaban J connectivity index is 1.60. The maximum absolute atomic E-state index is 13.3. The second-order valence-corrected chi connectivity index (χ2v) is 26.1. The summed E-state index contributed by atoms with van der Waals surface area (Å²) >= 11 is 0. The summed E-state index contributed by atoms with van der Waals surface area (Å²) in [5.41, 5.74) is 0. The Morgan fingerprint density at radius 1 is 0.402 bits per heavy atom. The quantitative estimate of drug-likeness (QED) is 0.0204. The largest absolute Gasteiger partial charge is 0.394 e. The van der Waals surface area contributed by atoms with Crippen molar-refractivity contribution >= 4 is 5.91 Å². The first kappa shape index (κ1) is 81.3. The second kappa shape index (κ2) is 58.1. The van der Waals surface area contributed by atoms with E-state index in [2.05, 4.69) is 43.5 Å². The van der Waals surface area contributed by atoms with Gasteiger partial charge < -0.3 is 65.1 Å². The molecule has 2 aliphatic heterocycles. The minimum absolute atomic E-state index is 0.247. The van der Waals surface area contributed by atoms with Crippen molar-refractivity contribution in [3.05, 3.63) is 36.5 Å². The van der Waals surface area contributed by atoms with Gasteiger partial charge in [-0.05, 0) is 44.9 Å². The first-order valence-electron chi connectivity index (χ1n) is 36.7. The van der Waals surface area contributed by atoms with Crippen molar-refractivity contribution in [3.8, 4) is 0 Å². The third-order valence-electron chi connectivity index (χ3n) is 18.1. The van der Waals surface area contributed by atoms with E-state index in [1.54, 1.807) is 6.08 Å². The van der Waals surface area contributed by atoms with Gasteiger partial charge in [-0.25, -0.2) is 0 Å². The second-order valence-electron chi connectivity index (χ2n) is 26.1. The van der Waals surface area contributed by atoms with Gasteiger partial charge >= 0.3 is 0 Å². The van der Waals surface area contributed by atoms with E-state index in [1.165, 1.54) is 250 Å². The van der Waals surface area contributed by atoms with Crippen LogP contribution < -0.4 is 5.32 Å². The van der Waals surface area contributed by atoms with Crippen molar-refractivity contribution < 1.29 is 64.6 Å². The molecule has 0 aromatic rings. The molecule has 2 heterocycles. The Kier molecular flexibility index (Phi) is 54.3. The maximum atomic E-state index is 13.3. The molecule has 0 aromatic heterocycles. The van der Waals surface area contributed by atoms with Crippen molar-refractivity contribution in [1.29, 1.82) is 0 Å². The minimum atomic E-state index is -1.79. The van der Waals surface area contributed by atoms with Gasteiger partial charge in [0.05, 0.1) is 32.0 Å². The Hall–Kier alpha value is -1.79. The number of hydrogen-bond acceptors (Lipinski definition) is 13. The summed E-state index contributed by atoms with van der Waals surface area (Å²) in [4.78, 5) is 13.3. The van der Waals surface area contributed by atoms with Crippen molar-refractivity contribution in [2.75, 3.05) is 19.8 Å². The highest BCUT2D eigenvalue weighted by atomic mass is 16.7. The molecule has 0 radical (unpaired) electrons. The summed E-state index contributed by atoms with van der Waals surface area (Å²) < 4.78 is 22.8. The van der Waals surface area contributed by atoms with Crippen molar-refractivity contribution in [1.82, 2.24) is 5.32 Å². The average molecular weight is 1240 g/mol. The molecule has 14 heteroatoms. The smallest absolute Gasteiger partial charge is 0.220 e. The zero-order valence-corrected chi connectivity index (χ0v) is 55.8. The van der Waals surface area contributed by atoms with Crippen LogP contribution in [0.3, 0.4) is 0 Å². The Morgan fingerprint density at radius 3 is 1.13 bits per heavy atom. The number of aliphatic hydroxyl groups is 8. The number of ether oxygens (including phenoxy) is 4. The van der Waals surface area contributed by atoms with Crippen molar-refractivity contribution in [2.24, 2.45) is 0 Å². The van der Waals surface area contributed by atoms with Gasteiger partial charge in [0, 0.05) is 6.42 Å². The van der Waals surface area contributed by atoms with E-state index in [0.717, 1.165) is 44.9 Å². The van der Waals surface area contributed by atoms with Gasteiger partial charge in [-0.2, -0.15) is 0 Å². The fraction of sp³-hybridized carbons (Fsp3) is 0.904. The number of aliphatic hydroxyl groups excluding tert-OH is 8. The SMILES string of the molecule is CCCCCCCCC/C=C/CC/C=C/CC/C=C/C(O)C(COC1OC(CO)C(OC2OC(CO)C(O)C(O)C2O)C(O)C1O)NC(=O)CCCCCCCCCCCCCCCCCCCCCCCCCCCCCCCCCCCCCC. The molecule has 1 amide bonds. The molecule has 12 atom stereocenters. The predicted octanol–water partition coefficient (Wildman–Crippen LogP) is 15.3. The molecule has 9 N–H and O–H groups in total. The lowest BCUT2D eigenvalue weighted by Gasteiger charge is -2.46. The predicted molar refractivity (Wildman–Crippen MR) is 355 cm³/mol. The van der Waals surface area contributed by atoms with Gasteiger partial charge in [-0.1, -0.05) is 314 Å². The topological polar surface area (TPSA) is 228 Å². The van der Waals surface area contributed by atoms with Crippen LogP contribution in [0.2, 0.25) is 0 Å². The molecule has 2 fully saturated rings. The number of carbonyl (C=O) groups is 1. The summed E-state index contributed by atoms with van der Waals surface area (Å²) in [5, 5.41) is 87.3. The standard InChI is InChI=1S/C73H137NO13/c1-3-5-7-9-11-13-15-17-19-21-22-23-24-25-26-27-28-29-30-31-32-33-34-35-36-37-38-39-41-43-45-47-49-51-53-55-57-65(78)74-61(62(77)56-54-52-50-48-46-44-42-40-20-18-16-14-12-10-8-6-4-2)60-84-72-70(83)68(81)71(64(59-76)86-72)87-73-69(82)67(80)66(79)63(58-75)85-73/h20,40,46,48,54,56,61-64,66-73,75-77,79-83H,3-19,21-39,41-45,47,49-53,55,57-60H2,1-2H3,(H,74,78)/b40-20+,48-46+,56-54+. The summed E-state index contributed by atoms with van der Waals surface area (Å²) in [5.74, 6) is -0.247. The van der Waals surface area contributed by atoms with Crippen LogP contribution in [-0.4, -0.2) is 140 Å². The molecular formula is C73H137NO13. The third kappa shape index (κ3) is 42.1. The normalized spacial score (nSPS) is 23.4. The number of allylic oxidation sites excluding steroid dienone is 5. The van der Waals surface area contributed by atoms with E-state index < -0.39 is 86.8 Å². The van der Waals surface area contributed by atoms with Gasteiger partial charge in [-0.15, -0.1) is 0 Å². The molecule has 512 valence electrons. The van der Waals surface area contributed by atoms with E-state index in [9.17, 15) is 45.6 Å². The molecule has 0 saturated carbocycles. The third-order valence-corrected chi connectivity index (χ3v) is 18.1. The average Bonchev–Trinajstić information content (AvgIpc) is 2.34. The molecule has 2 aliphatic rings. The van der Waals surface area contributed by atoms with Crippen molar-refractivity contribution in [3.63, 3.8) is 0 Å². The van der Waals surface area contributed by atoms with Crippen LogP contribution >= 0.6 is 0 Å². The van der Waals surface area contributed by atoms with Gasteiger partial charge in [0.1, 0.15) is 48.8 Å². The van der Waals surface area contributed by atoms with Crippen molar-refractivity contribution in [2.45, 2.75) is 402 Å². The van der Waals surface area contributed by atoms with E-state index >= 15 is 0 Å². The lowest BCUT2D eigenvalue weighted by Crippen LogP contribution is -2.65. The Bertz CT molecular complexity index is 1600. The van der Waals surface area contributed by atoms with Crippen LogP contribution in [0.25, 0.3) is 0 Å². The molecule has 12 unspecified atom stereocenters. The summed E-state index contributed by atoms with van der Waals surface area (Å²) in [6, 6.07) is -0.936. The van der Waals surface area contributed by atoms with Gasteiger partial charge in [0.2, 0.25) is 5.91 Å². The molecular weight excluding hydrogens is 1100 g/mol. The molecule has 14 nitrogen and oxygen atoms in total. The highest BCUT2D eigenvalue weighted by Crippen LogP contribution is 2.30. The molecule has 2 rings (SSSR count). The van der Waals surface area contributed by atoms with Crippen LogP contribution in [-0.2, 0) is 23.7 Å². The number of rotatable bonds is 61. The van der Waals surface area contributed by atoms with E-state index in [-0.39, 0.29) is 18.9 Å². The number of hydrogen-bond donors (Lipinski definition) is 9. The van der Waals surface area contributed by atoms with Crippen LogP contribution in [0.15, 0.2) is 36.5 Å². The fourth-order valence-corrected chi connectivity index (χ4v) is 12.2. The number of unbranched alkanes of at least 4 members (excludes halogenated alkanes) is 44. The minimum Gasteiger partial charge on any atom is -0.394 e. The molecule has 0 aliphatic carbocycles. The molecule has 2 saturated heterocycles. The molecule has 87 heavy (non-hydrogen) atoms. The van der Waals surface area contributed by atoms with Gasteiger partial charge in [-0.3, -0.25) is 4.79 Å². The monoisotopic (exact) mass is 1240 g/mol. The number of nitrogens with one attached hydrogen (secondary N) is 1. The molecule has 0 spiro atoms. The zero-order valence-electron chi connectivity index (χ0n) is 55.8. The summed E-state index contributed by atoms with van der Waals surface area (Å²) in [6.45, 7) is 2.81. The number of amides is 1. The fourth-order valence-electron chi connectivity index (χ4n) is 12.2. The van der Waals surface area contributed by atoms with E-state index in [4.69, 9.17) is 18.9 Å². The van der Waals surface area contributed by atoms with Crippen LogP contribution in [0.5, 0.6) is 0 Å². The highest BCUT2D eigenvalue weighted by Gasteiger charge is 2.51. The first-order valence-corrected chi connectivity index (χ1v) is 36.7. The first-order chi connectivity index (χ1) is 42.6. The van der Waals surface area contributed by atoms with Gasteiger partial charge in [0.15, 0.2) is 12.6 Å². The Morgan fingerprint density at radius 2 is 0.736 bits per heavy atom. The van der Waals surface area contributed by atoms with Crippen LogP contribution in [0, 0.1) is 0 Å². The summed E-state index contributed by atoms with van der Waals surface area (Å²) in [6.07, 6.45) is 58.1. The zero-order chi connectivity index (χ0) is 63.1. The summed E-state index contributed by atoms with van der Waals surface area (Å²) in [7, 11) is 0. The maximum Gasteiger partial charge on any atom is 0.220 e. The molecule has 0 aromatic carbocycles. The van der Waals surface area contributed by atoms with Gasteiger partial charge in [0.25, 0.3) is 0 Å². The molecule has 0 bridgehead atoms. The highest BCUT2D eigenvalue weighted by molar-refractivity contribution is 5.76. The number of carbonyl (C=O) groups excluding carboxylic acids is 1. The lowest BCUT2D eigenvalue weighted by molar-refractivity contribution is -0.359. The van der Waals surface area contributed by atoms with Crippen LogP contribution in [0.1, 0.15) is 328 Å². The van der Waals surface area contributed by atoms with E-state index in [0.29, 0.717) is 12.8 Å².